The van der Waals surface area contributed by atoms with E-state index >= 15 is 0 Å². The van der Waals surface area contributed by atoms with E-state index in [4.69, 9.17) is 5.73 Å². The molecule has 1 aliphatic heterocycles. The van der Waals surface area contributed by atoms with Crippen molar-refractivity contribution in [1.29, 1.82) is 5.26 Å². The Morgan fingerprint density at radius 1 is 1.34 bits per heavy atom. The summed E-state index contributed by atoms with van der Waals surface area (Å²) in [5, 5.41) is 11.9. The number of aryl methyl sites for hydroxylation is 1. The van der Waals surface area contributed by atoms with Crippen molar-refractivity contribution in [3.8, 4) is 6.07 Å². The van der Waals surface area contributed by atoms with E-state index in [1.807, 2.05) is 16.5 Å². The second-order valence-corrected chi connectivity index (χ2v) is 7.68. The molecule has 1 aliphatic rings. The number of fused-ring (bicyclic) bond motifs is 1. The Morgan fingerprint density at radius 3 is 2.60 bits per heavy atom. The molecule has 0 aliphatic carbocycles. The molecule has 9 nitrogen and oxygen atoms in total. The lowest BCUT2D eigenvalue weighted by atomic mass is 10.1. The van der Waals surface area contributed by atoms with Crippen molar-refractivity contribution in [2.75, 3.05) is 29.0 Å². The average Bonchev–Trinajstić information content (AvgIpc) is 3.14. The fraction of sp³-hybridized carbons (Fsp3) is 0.318. The van der Waals surface area contributed by atoms with Crippen LogP contribution in [0.5, 0.6) is 0 Å². The van der Waals surface area contributed by atoms with Crippen LogP contribution in [0, 0.1) is 11.3 Å². The molecule has 1 atom stereocenters. The van der Waals surface area contributed by atoms with Gasteiger partial charge in [-0.2, -0.15) is 18.4 Å². The number of aromatic nitrogens is 4. The highest BCUT2D eigenvalue weighted by Crippen LogP contribution is 2.29. The third-order valence-electron chi connectivity index (χ3n) is 5.21. The van der Waals surface area contributed by atoms with Gasteiger partial charge in [-0.25, -0.2) is 19.3 Å². The van der Waals surface area contributed by atoms with Gasteiger partial charge in [-0.1, -0.05) is 6.58 Å². The highest BCUT2D eigenvalue weighted by Gasteiger charge is 2.31. The molecule has 184 valence electrons. The van der Waals surface area contributed by atoms with Crippen molar-refractivity contribution >= 4 is 34.5 Å². The molecule has 1 amide bonds. The van der Waals surface area contributed by atoms with Gasteiger partial charge in [0.25, 0.3) is 0 Å². The zero-order valence-electron chi connectivity index (χ0n) is 18.7. The minimum atomic E-state index is -4.40. The van der Waals surface area contributed by atoms with Crippen LogP contribution in [0.25, 0.3) is 11.0 Å². The minimum Gasteiger partial charge on any atom is -0.368 e. The number of carbonyl (C=O) groups is 1. The number of nitrogens with zero attached hydrogens (tertiary/aromatic N) is 6. The first kappa shape index (κ1) is 25.4. The fourth-order valence-corrected chi connectivity index (χ4v) is 3.48. The molecule has 0 saturated carbocycles. The number of nitrogens with two attached hydrogens (primary N) is 1. The van der Waals surface area contributed by atoms with Crippen molar-refractivity contribution in [2.45, 2.75) is 25.2 Å². The molecule has 35 heavy (non-hydrogen) atoms. The van der Waals surface area contributed by atoms with Crippen LogP contribution in [-0.2, 0) is 18.0 Å². The molecule has 1 fully saturated rings. The van der Waals surface area contributed by atoms with Crippen molar-refractivity contribution in [3.05, 3.63) is 48.3 Å². The van der Waals surface area contributed by atoms with Crippen LogP contribution in [0.3, 0.4) is 0 Å². The summed E-state index contributed by atoms with van der Waals surface area (Å²) < 4.78 is 50.9. The Morgan fingerprint density at radius 2 is 2.03 bits per heavy atom. The van der Waals surface area contributed by atoms with Crippen molar-refractivity contribution in [2.24, 2.45) is 7.05 Å². The number of benzene rings is 1. The highest BCUT2D eigenvalue weighted by atomic mass is 19.4. The quantitative estimate of drug-likeness (QED) is 0.425. The number of carbonyl (C=O) groups excluding carboxylic acids is 1. The summed E-state index contributed by atoms with van der Waals surface area (Å²) in [6.45, 7) is 4.48. The molecule has 13 heteroatoms. The van der Waals surface area contributed by atoms with Crippen LogP contribution >= 0.6 is 0 Å². The van der Waals surface area contributed by atoms with Crippen molar-refractivity contribution in [1.82, 2.24) is 19.5 Å². The molecular formula is C22H22F4N8O. The van der Waals surface area contributed by atoms with Crippen LogP contribution in [0.2, 0.25) is 0 Å². The number of piperidine rings is 1. The van der Waals surface area contributed by atoms with E-state index in [9.17, 15) is 27.6 Å². The monoisotopic (exact) mass is 490 g/mol. The predicted molar refractivity (Wildman–Crippen MR) is 122 cm³/mol. The third-order valence-corrected chi connectivity index (χ3v) is 5.21. The highest BCUT2D eigenvalue weighted by molar-refractivity contribution is 6.01. The second kappa shape index (κ2) is 10.4. The van der Waals surface area contributed by atoms with Gasteiger partial charge >= 0.3 is 6.18 Å². The number of rotatable bonds is 3. The number of nitrogens with one attached hydrogen (secondary N) is 1. The van der Waals surface area contributed by atoms with E-state index in [0.29, 0.717) is 48.1 Å². The summed E-state index contributed by atoms with van der Waals surface area (Å²) in [5.41, 5.74) is 6.22. The van der Waals surface area contributed by atoms with Crippen LogP contribution in [0.1, 0.15) is 24.0 Å². The molecule has 1 unspecified atom stereocenters. The molecule has 1 saturated heterocycles. The summed E-state index contributed by atoms with van der Waals surface area (Å²) in [4.78, 5) is 24.4. The lowest BCUT2D eigenvalue weighted by Crippen LogP contribution is -2.37. The molecule has 0 radical (unpaired) electrons. The fourth-order valence-electron chi connectivity index (χ4n) is 3.48. The third kappa shape index (κ3) is 6.03. The lowest BCUT2D eigenvalue weighted by molar-refractivity contribution is -0.138. The van der Waals surface area contributed by atoms with Crippen LogP contribution in [-0.4, -0.2) is 44.7 Å². The topological polar surface area (TPSA) is 126 Å². The average molecular weight is 490 g/mol. The number of anilines is 3. The first-order chi connectivity index (χ1) is 16.5. The number of nitrogen functional groups attached to an aromatic ring is 1. The molecule has 3 heterocycles. The number of hydrogen-bond donors (Lipinski definition) is 2. The van der Waals surface area contributed by atoms with Gasteiger partial charge in [0.1, 0.15) is 12.2 Å². The Labute approximate surface area is 197 Å². The lowest BCUT2D eigenvalue weighted by Gasteiger charge is -2.29. The Balaban J connectivity index is 0.000000261. The van der Waals surface area contributed by atoms with E-state index < -0.39 is 23.8 Å². The zero-order valence-corrected chi connectivity index (χ0v) is 18.7. The summed E-state index contributed by atoms with van der Waals surface area (Å²) >= 11 is 0. The molecule has 3 N–H and O–H groups in total. The number of imidazole rings is 1. The van der Waals surface area contributed by atoms with Crippen molar-refractivity contribution < 1.29 is 22.4 Å². The maximum atomic E-state index is 13.7. The maximum Gasteiger partial charge on any atom is 0.419 e. The number of halogens is 4. The maximum absolute atomic E-state index is 13.7. The molecular weight excluding hydrogens is 468 g/mol. The Hall–Kier alpha value is -4.21. The molecule has 1 aromatic carbocycles. The Kier molecular flexibility index (Phi) is 7.53. The van der Waals surface area contributed by atoms with E-state index in [2.05, 4.69) is 32.9 Å². The second-order valence-electron chi connectivity index (χ2n) is 7.68. The first-order valence-electron chi connectivity index (χ1n) is 10.4. The zero-order chi connectivity index (χ0) is 25.8. The predicted octanol–water partition coefficient (Wildman–Crippen LogP) is 3.59. The Bertz CT molecular complexity index is 1260. The number of nitriles is 1. The molecule has 3 aromatic rings. The van der Waals surface area contributed by atoms with Gasteiger partial charge in [0.05, 0.1) is 34.4 Å². The summed E-state index contributed by atoms with van der Waals surface area (Å²) in [5.74, 6) is 0.111. The van der Waals surface area contributed by atoms with Crippen LogP contribution in [0.4, 0.5) is 35.1 Å². The van der Waals surface area contributed by atoms with Gasteiger partial charge in [0.2, 0.25) is 17.8 Å². The van der Waals surface area contributed by atoms with Gasteiger partial charge in [-0.3, -0.25) is 4.79 Å². The van der Waals surface area contributed by atoms with E-state index in [-0.39, 0.29) is 5.95 Å². The number of amides is 1. The SMILES string of the molecule is C=CC(=O)Nc1cc2nc(N3CCCC(F)C3)n(C)c2cc1C#N.Nc1ncc(C(F)(F)F)cn1. The summed E-state index contributed by atoms with van der Waals surface area (Å²) in [6, 6.07) is 5.42. The summed E-state index contributed by atoms with van der Waals surface area (Å²) in [7, 11) is 1.84. The normalized spacial score (nSPS) is 15.7. The molecule has 0 bridgehead atoms. The van der Waals surface area contributed by atoms with Gasteiger partial charge in [-0.15, -0.1) is 0 Å². The van der Waals surface area contributed by atoms with E-state index in [0.717, 1.165) is 24.6 Å². The van der Waals surface area contributed by atoms with Gasteiger partial charge in [0.15, 0.2) is 0 Å². The van der Waals surface area contributed by atoms with E-state index in [1.165, 1.54) is 0 Å². The van der Waals surface area contributed by atoms with Gasteiger partial charge in [-0.05, 0) is 31.1 Å². The number of alkyl halides is 4. The van der Waals surface area contributed by atoms with Crippen LogP contribution in [0.15, 0.2) is 37.2 Å². The molecule has 2 aromatic heterocycles. The summed E-state index contributed by atoms with van der Waals surface area (Å²) in [6.07, 6.45) is -1.45. The number of hydrogen-bond acceptors (Lipinski definition) is 7. The van der Waals surface area contributed by atoms with Crippen LogP contribution < -0.4 is 16.0 Å². The first-order valence-corrected chi connectivity index (χ1v) is 10.4. The minimum absolute atomic E-state index is 0.169. The van der Waals surface area contributed by atoms with Gasteiger partial charge < -0.3 is 20.5 Å². The largest absolute Gasteiger partial charge is 0.419 e. The molecule has 0 spiro atoms. The standard InChI is InChI=1S/C17H18FN5O.C5H4F3N3/c1-3-16(24)20-13-8-14-15(7-11(13)9-19)22(2)17(21-14)23-6-4-5-12(18)10-23;6-5(7,8)3-1-10-4(9)11-2-3/h3,7-8,12H,1,4-6,10H2,2H3,(H,20,24);1-2H,(H2,9,10,11). The molecule has 4 rings (SSSR count). The smallest absolute Gasteiger partial charge is 0.368 e. The van der Waals surface area contributed by atoms with E-state index in [1.54, 1.807) is 12.1 Å². The van der Waals surface area contributed by atoms with Crippen molar-refractivity contribution in [3.63, 3.8) is 0 Å². The van der Waals surface area contributed by atoms with Gasteiger partial charge in [0, 0.05) is 26.0 Å².